The van der Waals surface area contributed by atoms with Gasteiger partial charge in [-0.15, -0.1) is 0 Å². The number of oxazole rings is 1. The lowest BCUT2D eigenvalue weighted by molar-refractivity contribution is -0.143. The first-order chi connectivity index (χ1) is 21.9. The zero-order chi connectivity index (χ0) is 32.6. The summed E-state index contributed by atoms with van der Waals surface area (Å²) in [6, 6.07) is 13.6. The summed E-state index contributed by atoms with van der Waals surface area (Å²) in [5, 5.41) is 0.594. The van der Waals surface area contributed by atoms with E-state index in [1.54, 1.807) is 12.1 Å². The maximum atomic E-state index is 13.5. The normalized spacial score (nSPS) is 17.2. The molecule has 0 aliphatic carbocycles. The number of fused-ring (bicyclic) bond motifs is 1. The molecule has 2 aliphatic heterocycles. The Morgan fingerprint density at radius 1 is 0.978 bits per heavy atom. The summed E-state index contributed by atoms with van der Waals surface area (Å²) in [5.74, 6) is 0.700. The van der Waals surface area contributed by atoms with E-state index in [4.69, 9.17) is 13.9 Å². The van der Waals surface area contributed by atoms with E-state index < -0.39 is 41.6 Å². The molecule has 46 heavy (non-hydrogen) atoms. The molecule has 3 aromatic carbocycles. The van der Waals surface area contributed by atoms with Gasteiger partial charge in [0.15, 0.2) is 28.1 Å². The highest BCUT2D eigenvalue weighted by atomic mass is 32.2. The largest absolute Gasteiger partial charge is 0.493 e. The van der Waals surface area contributed by atoms with Crippen molar-refractivity contribution in [2.45, 2.75) is 37.7 Å². The average Bonchev–Trinajstić information content (AvgIpc) is 3.63. The first-order valence-corrected chi connectivity index (χ1v) is 14.9. The second-order valence-corrected chi connectivity index (χ2v) is 11.7. The van der Waals surface area contributed by atoms with Gasteiger partial charge in [0, 0.05) is 24.6 Å². The van der Waals surface area contributed by atoms with Crippen molar-refractivity contribution in [3.63, 3.8) is 0 Å². The predicted molar refractivity (Wildman–Crippen MR) is 159 cm³/mol. The molecular weight excluding hydrogens is 636 g/mol. The predicted octanol–water partition coefficient (Wildman–Crippen LogP) is 8.30. The SMILES string of the molecule is COc1cc(C=C2SC(N3CCC(c4nc5ccccc5o4)CC3)=NC2=O)ccc1OCc1ccc(C(F)(F)F)cc1C(F)(F)F. The summed E-state index contributed by atoms with van der Waals surface area (Å²) >= 11 is 1.24. The number of likely N-dealkylation sites (tertiary alicyclic amines) is 1. The molecule has 6 rings (SSSR count). The molecule has 14 heteroatoms. The minimum Gasteiger partial charge on any atom is -0.493 e. The summed E-state index contributed by atoms with van der Waals surface area (Å²) in [5.41, 5.74) is -1.19. The lowest BCUT2D eigenvalue weighted by atomic mass is 9.97. The number of aliphatic imine (C=N–C) groups is 1. The molecule has 3 heterocycles. The Labute approximate surface area is 262 Å². The van der Waals surface area contributed by atoms with Gasteiger partial charge in [-0.3, -0.25) is 4.79 Å². The standard InChI is InChI=1S/C32H25F6N3O4S/c1-43-26-14-18(6-9-25(26)44-17-20-7-8-21(31(33,34)35)16-22(20)32(36,37)38)15-27-28(42)40-30(46-27)41-12-10-19(11-13-41)29-39-23-4-2-3-5-24(23)45-29/h2-9,14-16,19H,10-13,17H2,1H3. The first-order valence-electron chi connectivity index (χ1n) is 14.1. The van der Waals surface area contributed by atoms with E-state index in [9.17, 15) is 31.1 Å². The zero-order valence-electron chi connectivity index (χ0n) is 24.1. The third-order valence-corrected chi connectivity index (χ3v) is 8.69. The Bertz CT molecular complexity index is 1810. The van der Waals surface area contributed by atoms with Gasteiger partial charge in [0.25, 0.3) is 5.91 Å². The van der Waals surface area contributed by atoms with Crippen molar-refractivity contribution in [1.29, 1.82) is 0 Å². The molecule has 1 aromatic heterocycles. The number of alkyl halides is 6. The lowest BCUT2D eigenvalue weighted by Crippen LogP contribution is -2.35. The molecule has 2 aliphatic rings. The first kappa shape index (κ1) is 31.5. The van der Waals surface area contributed by atoms with E-state index in [1.807, 2.05) is 24.3 Å². The van der Waals surface area contributed by atoms with Gasteiger partial charge in [-0.1, -0.05) is 24.3 Å². The number of benzene rings is 3. The lowest BCUT2D eigenvalue weighted by Gasteiger charge is -2.31. The average molecular weight is 662 g/mol. The van der Waals surface area contributed by atoms with Crippen molar-refractivity contribution in [1.82, 2.24) is 9.88 Å². The van der Waals surface area contributed by atoms with E-state index in [-0.39, 0.29) is 23.5 Å². The number of amides is 1. The van der Waals surface area contributed by atoms with Gasteiger partial charge in [-0.2, -0.15) is 31.3 Å². The molecule has 4 aromatic rings. The van der Waals surface area contributed by atoms with Crippen LogP contribution in [0.2, 0.25) is 0 Å². The monoisotopic (exact) mass is 661 g/mol. The van der Waals surface area contributed by atoms with Crippen molar-refractivity contribution >= 4 is 40.0 Å². The van der Waals surface area contributed by atoms with Gasteiger partial charge in [-0.25, -0.2) is 4.98 Å². The minimum absolute atomic E-state index is 0.0675. The van der Waals surface area contributed by atoms with Crippen LogP contribution >= 0.6 is 11.8 Å². The maximum Gasteiger partial charge on any atom is 0.416 e. The number of para-hydroxylation sites is 2. The maximum absolute atomic E-state index is 13.5. The summed E-state index contributed by atoms with van der Waals surface area (Å²) < 4.78 is 96.4. The van der Waals surface area contributed by atoms with Crippen molar-refractivity contribution in [2.75, 3.05) is 20.2 Å². The second-order valence-electron chi connectivity index (χ2n) is 10.7. The number of piperidine rings is 1. The smallest absolute Gasteiger partial charge is 0.416 e. The molecule has 1 amide bonds. The summed E-state index contributed by atoms with van der Waals surface area (Å²) in [6.45, 7) is 0.688. The number of rotatable bonds is 6. The van der Waals surface area contributed by atoms with Gasteiger partial charge >= 0.3 is 12.4 Å². The second kappa shape index (κ2) is 12.4. The molecule has 1 saturated heterocycles. The van der Waals surface area contributed by atoms with Crippen LogP contribution < -0.4 is 9.47 Å². The summed E-state index contributed by atoms with van der Waals surface area (Å²) in [6.07, 6.45) is -6.75. The highest BCUT2D eigenvalue weighted by molar-refractivity contribution is 8.18. The Balaban J connectivity index is 1.10. The van der Waals surface area contributed by atoms with Crippen LogP contribution in [0.1, 0.15) is 46.9 Å². The Hall–Kier alpha value is -4.46. The van der Waals surface area contributed by atoms with Crippen LogP contribution in [0.3, 0.4) is 0 Å². The Morgan fingerprint density at radius 3 is 2.43 bits per heavy atom. The molecule has 1 fully saturated rings. The van der Waals surface area contributed by atoms with Crippen LogP contribution in [0.4, 0.5) is 26.3 Å². The van der Waals surface area contributed by atoms with Crippen LogP contribution in [0.25, 0.3) is 17.2 Å². The van der Waals surface area contributed by atoms with Crippen molar-refractivity contribution in [2.24, 2.45) is 4.99 Å². The molecule has 0 spiro atoms. The van der Waals surface area contributed by atoms with Gasteiger partial charge in [0.1, 0.15) is 12.1 Å². The van der Waals surface area contributed by atoms with Crippen molar-refractivity contribution in [3.05, 3.63) is 93.7 Å². The van der Waals surface area contributed by atoms with Crippen LogP contribution in [-0.4, -0.2) is 41.2 Å². The van der Waals surface area contributed by atoms with Crippen LogP contribution in [0.5, 0.6) is 11.5 Å². The van der Waals surface area contributed by atoms with E-state index in [1.165, 1.54) is 31.0 Å². The fourth-order valence-corrected chi connectivity index (χ4v) is 6.22. The Kier molecular flexibility index (Phi) is 8.49. The number of hydrogen-bond donors (Lipinski definition) is 0. The number of nitrogens with zero attached hydrogens (tertiary/aromatic N) is 3. The molecule has 7 nitrogen and oxygen atoms in total. The highest BCUT2D eigenvalue weighted by Gasteiger charge is 2.38. The van der Waals surface area contributed by atoms with Gasteiger partial charge in [-0.05, 0) is 72.6 Å². The van der Waals surface area contributed by atoms with Gasteiger partial charge in [0.05, 0.1) is 23.1 Å². The van der Waals surface area contributed by atoms with E-state index in [0.29, 0.717) is 40.7 Å². The Morgan fingerprint density at radius 2 is 1.74 bits per heavy atom. The number of ether oxygens (including phenoxy) is 2. The number of methoxy groups -OCH3 is 1. The fraction of sp³-hybridized carbons (Fsp3) is 0.281. The van der Waals surface area contributed by atoms with E-state index in [0.717, 1.165) is 30.0 Å². The fourth-order valence-electron chi connectivity index (χ4n) is 5.26. The zero-order valence-corrected chi connectivity index (χ0v) is 24.9. The minimum atomic E-state index is -5.02. The van der Waals surface area contributed by atoms with E-state index in [2.05, 4.69) is 14.9 Å². The van der Waals surface area contributed by atoms with Crippen molar-refractivity contribution in [3.8, 4) is 11.5 Å². The van der Waals surface area contributed by atoms with Crippen molar-refractivity contribution < 1.29 is 45.0 Å². The number of thioether (sulfide) groups is 1. The number of carbonyl (C=O) groups is 1. The van der Waals surface area contributed by atoms with Gasteiger partial charge in [0.2, 0.25) is 0 Å². The number of hydrogen-bond acceptors (Lipinski definition) is 7. The van der Waals surface area contributed by atoms with Gasteiger partial charge < -0.3 is 18.8 Å². The quantitative estimate of drug-likeness (QED) is 0.152. The molecule has 0 saturated carbocycles. The molecule has 0 unspecified atom stereocenters. The molecular formula is C32H25F6N3O4S. The molecule has 0 N–H and O–H groups in total. The number of halogens is 6. The molecule has 0 atom stereocenters. The molecule has 0 radical (unpaired) electrons. The van der Waals surface area contributed by atoms with Crippen LogP contribution in [0.15, 0.2) is 75.0 Å². The van der Waals surface area contributed by atoms with Crippen LogP contribution in [-0.2, 0) is 23.8 Å². The number of carbonyl (C=O) groups excluding carboxylic acids is 1. The number of aromatic nitrogens is 1. The highest BCUT2D eigenvalue weighted by Crippen LogP contribution is 2.39. The summed E-state index contributed by atoms with van der Waals surface area (Å²) in [4.78, 5) is 24.0. The molecule has 0 bridgehead atoms. The van der Waals surface area contributed by atoms with Crippen LogP contribution in [0, 0.1) is 0 Å². The topological polar surface area (TPSA) is 77.2 Å². The van der Waals surface area contributed by atoms with E-state index >= 15 is 0 Å². The molecule has 240 valence electrons. The number of amidine groups is 1. The summed E-state index contributed by atoms with van der Waals surface area (Å²) in [7, 11) is 1.33. The third-order valence-electron chi connectivity index (χ3n) is 7.65. The third kappa shape index (κ3) is 6.71.